The number of hydrogen-bond donors (Lipinski definition) is 1. The second-order valence-electron chi connectivity index (χ2n) is 11.1. The number of carboxylic acid groups (broad SMARTS) is 1. The predicted octanol–water partition coefficient (Wildman–Crippen LogP) is 5.38. The van der Waals surface area contributed by atoms with Crippen molar-refractivity contribution >= 4 is 29.4 Å². The number of carbonyl (C=O) groups excluding carboxylic acids is 2. The highest BCUT2D eigenvalue weighted by Gasteiger charge is 2.38. The Morgan fingerprint density at radius 1 is 1.03 bits per heavy atom. The first-order valence-corrected chi connectivity index (χ1v) is 13.6. The lowest BCUT2D eigenvalue weighted by molar-refractivity contribution is -0.147. The van der Waals surface area contributed by atoms with Crippen molar-refractivity contribution < 1.29 is 19.5 Å². The van der Waals surface area contributed by atoms with Crippen molar-refractivity contribution in [1.29, 1.82) is 0 Å². The number of rotatable bonds is 6. The Hall–Kier alpha value is -2.86. The van der Waals surface area contributed by atoms with Crippen molar-refractivity contribution in [3.8, 4) is 0 Å². The fraction of sp³-hybridized carbons (Fsp3) is 0.500. The van der Waals surface area contributed by atoms with Gasteiger partial charge >= 0.3 is 5.97 Å². The van der Waals surface area contributed by atoms with Gasteiger partial charge in [0, 0.05) is 30.6 Å². The molecule has 0 aromatic heterocycles. The van der Waals surface area contributed by atoms with Gasteiger partial charge in [0.15, 0.2) is 0 Å². The molecule has 0 aliphatic carbocycles. The average Bonchev–Trinajstić information content (AvgIpc) is 2.94. The number of nitrogens with zero attached hydrogens (tertiary/aromatic N) is 2. The fourth-order valence-corrected chi connectivity index (χ4v) is 6.07. The van der Waals surface area contributed by atoms with E-state index in [4.69, 9.17) is 11.6 Å². The zero-order chi connectivity index (χ0) is 26.9. The van der Waals surface area contributed by atoms with E-state index in [-0.39, 0.29) is 30.2 Å². The maximum atomic E-state index is 14.0. The van der Waals surface area contributed by atoms with Crippen molar-refractivity contribution in [2.24, 2.45) is 11.8 Å². The summed E-state index contributed by atoms with van der Waals surface area (Å²) in [5, 5.41) is 9.94. The van der Waals surface area contributed by atoms with Crippen LogP contribution in [0.1, 0.15) is 72.8 Å². The van der Waals surface area contributed by atoms with E-state index in [1.807, 2.05) is 18.2 Å². The topological polar surface area (TPSA) is 77.9 Å². The minimum atomic E-state index is -0.806. The van der Waals surface area contributed by atoms with Gasteiger partial charge in [0.1, 0.15) is 0 Å². The van der Waals surface area contributed by atoms with Crippen LogP contribution >= 0.6 is 11.6 Å². The van der Waals surface area contributed by atoms with Crippen molar-refractivity contribution in [1.82, 2.24) is 9.80 Å². The lowest BCUT2D eigenvalue weighted by atomic mass is 9.81. The Morgan fingerprint density at radius 3 is 2.32 bits per heavy atom. The number of piperidine rings is 1. The molecule has 2 aliphatic rings. The smallest absolute Gasteiger partial charge is 0.306 e. The second kappa shape index (κ2) is 11.3. The number of carboxylic acids is 1. The Morgan fingerprint density at radius 2 is 1.70 bits per heavy atom. The molecule has 2 aromatic carbocycles. The predicted molar refractivity (Wildman–Crippen MR) is 145 cm³/mol. The summed E-state index contributed by atoms with van der Waals surface area (Å²) in [5.41, 5.74) is 5.49. The molecule has 198 valence electrons. The number of aryl methyl sites for hydroxylation is 2. The van der Waals surface area contributed by atoms with Crippen LogP contribution in [-0.4, -0.2) is 58.9 Å². The molecule has 2 amide bonds. The summed E-state index contributed by atoms with van der Waals surface area (Å²) in [4.78, 5) is 42.2. The zero-order valence-corrected chi connectivity index (χ0v) is 22.9. The Kier molecular flexibility index (Phi) is 8.27. The van der Waals surface area contributed by atoms with Gasteiger partial charge in [-0.3, -0.25) is 14.4 Å². The van der Waals surface area contributed by atoms with Gasteiger partial charge in [0.05, 0.1) is 18.4 Å². The van der Waals surface area contributed by atoms with Crippen molar-refractivity contribution in [2.45, 2.75) is 58.8 Å². The molecule has 1 N–H and O–H groups in total. The fourth-order valence-electron chi connectivity index (χ4n) is 5.89. The van der Waals surface area contributed by atoms with Crippen LogP contribution in [-0.2, 0) is 14.4 Å². The molecule has 1 saturated heterocycles. The van der Waals surface area contributed by atoms with Gasteiger partial charge in [-0.05, 0) is 73.4 Å². The van der Waals surface area contributed by atoms with E-state index in [1.54, 1.807) is 9.80 Å². The molecule has 0 bridgehead atoms. The number of carbonyl (C=O) groups is 3. The zero-order valence-electron chi connectivity index (χ0n) is 22.2. The van der Waals surface area contributed by atoms with Gasteiger partial charge in [-0.25, -0.2) is 0 Å². The first-order valence-electron chi connectivity index (χ1n) is 13.2. The maximum Gasteiger partial charge on any atom is 0.306 e. The maximum absolute atomic E-state index is 14.0. The third kappa shape index (κ3) is 6.01. The van der Waals surface area contributed by atoms with E-state index in [0.717, 1.165) is 22.3 Å². The summed E-state index contributed by atoms with van der Waals surface area (Å²) in [6.07, 6.45) is 1.57. The number of aliphatic carboxylic acids is 1. The molecule has 0 spiro atoms. The summed E-state index contributed by atoms with van der Waals surface area (Å²) in [5.74, 6) is -1.54. The highest BCUT2D eigenvalue weighted by Crippen LogP contribution is 2.41. The number of halogens is 1. The summed E-state index contributed by atoms with van der Waals surface area (Å²) < 4.78 is 0. The third-order valence-electron chi connectivity index (χ3n) is 7.84. The van der Waals surface area contributed by atoms with Gasteiger partial charge in [-0.15, -0.1) is 0 Å². The van der Waals surface area contributed by atoms with E-state index in [9.17, 15) is 19.5 Å². The molecular formula is C30H37ClN2O4. The molecule has 2 aliphatic heterocycles. The second-order valence-corrected chi connectivity index (χ2v) is 11.5. The van der Waals surface area contributed by atoms with Crippen LogP contribution in [0.25, 0.3) is 0 Å². The largest absolute Gasteiger partial charge is 0.481 e. The summed E-state index contributed by atoms with van der Waals surface area (Å²) in [7, 11) is 0. The Bertz CT molecular complexity index is 1190. The summed E-state index contributed by atoms with van der Waals surface area (Å²) in [6.45, 7) is 9.57. The molecule has 2 aromatic rings. The standard InChI is InChI=1S/C30H37ClN2O4/c1-18(2)13-26-24-8-6-22(31)15-25(24)27(23-7-5-19(3)14-20(23)4)16-33(29(26)35)17-28(34)32-11-9-21(10-12-32)30(36)37/h5-8,14-15,18,21,26-27H,9-13,16-17H2,1-4H3,(H,36,37). The normalized spacial score (nSPS) is 20.6. The van der Waals surface area contributed by atoms with Crippen molar-refractivity contribution in [3.63, 3.8) is 0 Å². The third-order valence-corrected chi connectivity index (χ3v) is 8.08. The van der Waals surface area contributed by atoms with Crippen LogP contribution in [0.4, 0.5) is 0 Å². The molecule has 2 atom stereocenters. The van der Waals surface area contributed by atoms with Gasteiger partial charge < -0.3 is 14.9 Å². The van der Waals surface area contributed by atoms with Gasteiger partial charge in [-0.1, -0.05) is 55.3 Å². The minimum Gasteiger partial charge on any atom is -0.481 e. The molecule has 0 radical (unpaired) electrons. The Balaban J connectivity index is 1.70. The molecule has 2 heterocycles. The van der Waals surface area contributed by atoms with E-state index in [0.29, 0.717) is 49.8 Å². The number of hydrogen-bond acceptors (Lipinski definition) is 3. The average molecular weight is 525 g/mol. The minimum absolute atomic E-state index is 0.00566. The molecule has 4 rings (SSSR count). The van der Waals surface area contributed by atoms with Crippen molar-refractivity contribution in [2.75, 3.05) is 26.2 Å². The number of likely N-dealkylation sites (tertiary alicyclic amines) is 1. The quantitative estimate of drug-likeness (QED) is 0.550. The van der Waals surface area contributed by atoms with Gasteiger partial charge in [0.25, 0.3) is 0 Å². The van der Waals surface area contributed by atoms with E-state index < -0.39 is 11.9 Å². The molecule has 0 saturated carbocycles. The van der Waals surface area contributed by atoms with Gasteiger partial charge in [-0.2, -0.15) is 0 Å². The lowest BCUT2D eigenvalue weighted by Crippen LogP contribution is -2.47. The molecular weight excluding hydrogens is 488 g/mol. The number of fused-ring (bicyclic) bond motifs is 1. The van der Waals surface area contributed by atoms with Crippen LogP contribution in [0.5, 0.6) is 0 Å². The van der Waals surface area contributed by atoms with E-state index in [2.05, 4.69) is 45.9 Å². The molecule has 37 heavy (non-hydrogen) atoms. The van der Waals surface area contributed by atoms with Crippen LogP contribution in [0.2, 0.25) is 5.02 Å². The molecule has 7 heteroatoms. The van der Waals surface area contributed by atoms with E-state index >= 15 is 0 Å². The van der Waals surface area contributed by atoms with Crippen LogP contribution in [0.15, 0.2) is 36.4 Å². The number of amides is 2. The van der Waals surface area contributed by atoms with Crippen LogP contribution < -0.4 is 0 Å². The van der Waals surface area contributed by atoms with Gasteiger partial charge in [0.2, 0.25) is 11.8 Å². The highest BCUT2D eigenvalue weighted by atomic mass is 35.5. The van der Waals surface area contributed by atoms with Crippen LogP contribution in [0, 0.1) is 25.7 Å². The van der Waals surface area contributed by atoms with Crippen LogP contribution in [0.3, 0.4) is 0 Å². The summed E-state index contributed by atoms with van der Waals surface area (Å²) >= 11 is 6.49. The first-order chi connectivity index (χ1) is 17.5. The lowest BCUT2D eigenvalue weighted by Gasteiger charge is -2.33. The monoisotopic (exact) mass is 524 g/mol. The highest BCUT2D eigenvalue weighted by molar-refractivity contribution is 6.30. The van der Waals surface area contributed by atoms with Crippen molar-refractivity contribution in [3.05, 3.63) is 69.2 Å². The SMILES string of the molecule is Cc1ccc(C2CN(CC(=O)N3CCC(C(=O)O)CC3)C(=O)C(CC(C)C)c3ccc(Cl)cc32)c(C)c1. The Labute approximate surface area is 224 Å². The molecule has 2 unspecified atom stereocenters. The molecule has 1 fully saturated rings. The molecule has 6 nitrogen and oxygen atoms in total. The van der Waals surface area contributed by atoms with E-state index in [1.165, 1.54) is 5.56 Å². The first kappa shape index (κ1) is 27.2. The number of benzene rings is 2. The summed E-state index contributed by atoms with van der Waals surface area (Å²) in [6, 6.07) is 12.2.